The molecule has 0 saturated heterocycles. The molecule has 0 spiro atoms. The van der Waals surface area contributed by atoms with Gasteiger partial charge in [-0.15, -0.1) is 0 Å². The highest BCUT2D eigenvalue weighted by Gasteiger charge is 2.23. The van der Waals surface area contributed by atoms with Crippen LogP contribution in [0.1, 0.15) is 38.4 Å². The number of aryl methyl sites for hydroxylation is 1. The van der Waals surface area contributed by atoms with E-state index in [1.165, 1.54) is 25.7 Å². The highest BCUT2D eigenvalue weighted by Crippen LogP contribution is 2.23. The molecule has 0 aliphatic heterocycles. The van der Waals surface area contributed by atoms with Crippen LogP contribution in [-0.2, 0) is 13.6 Å². The van der Waals surface area contributed by atoms with Crippen LogP contribution < -0.4 is 5.32 Å². The first-order valence-electron chi connectivity index (χ1n) is 7.10. The number of nitrogens with zero attached hydrogens (tertiary/aromatic N) is 3. The summed E-state index contributed by atoms with van der Waals surface area (Å²) in [6.45, 7) is 4.25. The molecule has 1 aromatic heterocycles. The van der Waals surface area contributed by atoms with Crippen LogP contribution in [-0.4, -0.2) is 40.1 Å². The zero-order valence-electron chi connectivity index (χ0n) is 11.9. The lowest BCUT2D eigenvalue weighted by Gasteiger charge is -2.34. The first-order valence-corrected chi connectivity index (χ1v) is 7.10. The van der Waals surface area contributed by atoms with E-state index in [1.807, 2.05) is 12.4 Å². The molecular formula is C14H26N4. The molecule has 0 bridgehead atoms. The molecule has 1 saturated carbocycles. The fourth-order valence-corrected chi connectivity index (χ4v) is 2.91. The van der Waals surface area contributed by atoms with Gasteiger partial charge in [-0.2, -0.15) is 0 Å². The lowest BCUT2D eigenvalue weighted by molar-refractivity contribution is 0.164. The van der Waals surface area contributed by atoms with Gasteiger partial charge in [-0.1, -0.05) is 6.92 Å². The van der Waals surface area contributed by atoms with E-state index >= 15 is 0 Å². The molecule has 1 heterocycles. The van der Waals surface area contributed by atoms with Gasteiger partial charge in [-0.05, 0) is 39.3 Å². The van der Waals surface area contributed by atoms with Crippen LogP contribution in [0.15, 0.2) is 12.4 Å². The minimum absolute atomic E-state index is 0.719. The number of hydrogen-bond donors (Lipinski definition) is 1. The molecule has 1 aliphatic rings. The smallest absolute Gasteiger partial charge is 0.122 e. The summed E-state index contributed by atoms with van der Waals surface area (Å²) in [6.07, 6.45) is 9.13. The van der Waals surface area contributed by atoms with E-state index in [-0.39, 0.29) is 0 Å². The van der Waals surface area contributed by atoms with Gasteiger partial charge in [0.25, 0.3) is 0 Å². The van der Waals surface area contributed by atoms with Gasteiger partial charge < -0.3 is 9.88 Å². The van der Waals surface area contributed by atoms with Crippen molar-refractivity contribution in [2.75, 3.05) is 13.6 Å². The lowest BCUT2D eigenvalue weighted by Crippen LogP contribution is -2.40. The predicted molar refractivity (Wildman–Crippen MR) is 74.4 cm³/mol. The maximum atomic E-state index is 4.40. The molecule has 4 heteroatoms. The van der Waals surface area contributed by atoms with Crippen molar-refractivity contribution in [3.63, 3.8) is 0 Å². The molecule has 102 valence electrons. The highest BCUT2D eigenvalue weighted by molar-refractivity contribution is 4.92. The Hall–Kier alpha value is -0.870. The van der Waals surface area contributed by atoms with Crippen molar-refractivity contribution in [3.8, 4) is 0 Å². The molecule has 1 aliphatic carbocycles. The predicted octanol–water partition coefficient (Wildman–Crippen LogP) is 1.77. The number of aromatic nitrogens is 2. The Labute approximate surface area is 110 Å². The lowest BCUT2D eigenvalue weighted by atomic mass is 9.90. The average molecular weight is 250 g/mol. The van der Waals surface area contributed by atoms with Crippen LogP contribution in [0.4, 0.5) is 0 Å². The molecule has 0 aromatic carbocycles. The summed E-state index contributed by atoms with van der Waals surface area (Å²) in [6, 6.07) is 1.46. The summed E-state index contributed by atoms with van der Waals surface area (Å²) in [5, 5.41) is 3.56. The average Bonchev–Trinajstić information content (AvgIpc) is 2.76. The van der Waals surface area contributed by atoms with E-state index < -0.39 is 0 Å². The van der Waals surface area contributed by atoms with Crippen molar-refractivity contribution < 1.29 is 0 Å². The van der Waals surface area contributed by atoms with E-state index in [2.05, 4.69) is 40.8 Å². The van der Waals surface area contributed by atoms with Crippen molar-refractivity contribution in [2.24, 2.45) is 7.05 Å². The maximum Gasteiger partial charge on any atom is 0.122 e. The van der Waals surface area contributed by atoms with Crippen LogP contribution in [0.3, 0.4) is 0 Å². The molecule has 1 N–H and O–H groups in total. The molecular weight excluding hydrogens is 224 g/mol. The topological polar surface area (TPSA) is 33.1 Å². The highest BCUT2D eigenvalue weighted by atomic mass is 15.2. The Morgan fingerprint density at radius 1 is 1.39 bits per heavy atom. The molecule has 0 amide bonds. The minimum Gasteiger partial charge on any atom is -0.337 e. The Kier molecular flexibility index (Phi) is 4.78. The monoisotopic (exact) mass is 250 g/mol. The fraction of sp³-hybridized carbons (Fsp3) is 0.786. The van der Waals surface area contributed by atoms with Gasteiger partial charge in [0, 0.05) is 31.5 Å². The number of nitrogens with one attached hydrogen (secondary N) is 1. The van der Waals surface area contributed by atoms with Gasteiger partial charge in [-0.3, -0.25) is 4.90 Å². The van der Waals surface area contributed by atoms with Gasteiger partial charge in [0.2, 0.25) is 0 Å². The Morgan fingerprint density at radius 2 is 2.11 bits per heavy atom. The Bertz CT molecular complexity index is 352. The number of imidazole rings is 1. The third-order valence-corrected chi connectivity index (χ3v) is 4.12. The van der Waals surface area contributed by atoms with Gasteiger partial charge in [-0.25, -0.2) is 4.98 Å². The molecule has 18 heavy (non-hydrogen) atoms. The van der Waals surface area contributed by atoms with Crippen molar-refractivity contribution >= 4 is 0 Å². The summed E-state index contributed by atoms with van der Waals surface area (Å²) in [7, 11) is 4.30. The van der Waals surface area contributed by atoms with E-state index in [9.17, 15) is 0 Å². The second kappa shape index (κ2) is 6.34. The van der Waals surface area contributed by atoms with E-state index in [1.54, 1.807) is 0 Å². The van der Waals surface area contributed by atoms with E-state index in [0.717, 1.165) is 31.0 Å². The summed E-state index contributed by atoms with van der Waals surface area (Å²) < 4.78 is 2.11. The van der Waals surface area contributed by atoms with Crippen LogP contribution in [0.25, 0.3) is 0 Å². The molecule has 1 fully saturated rings. The SMILES string of the molecule is CCNC1CCC(N(C)Cc2nccn2C)CC1. The third kappa shape index (κ3) is 3.33. The Balaban J connectivity index is 1.80. The Morgan fingerprint density at radius 3 is 2.67 bits per heavy atom. The van der Waals surface area contributed by atoms with Crippen molar-refractivity contribution in [3.05, 3.63) is 18.2 Å². The van der Waals surface area contributed by atoms with Crippen LogP contribution in [0.5, 0.6) is 0 Å². The zero-order valence-corrected chi connectivity index (χ0v) is 11.9. The third-order valence-electron chi connectivity index (χ3n) is 4.12. The van der Waals surface area contributed by atoms with Crippen LogP contribution in [0, 0.1) is 0 Å². The summed E-state index contributed by atoms with van der Waals surface area (Å²) in [4.78, 5) is 6.87. The van der Waals surface area contributed by atoms with E-state index in [4.69, 9.17) is 0 Å². The van der Waals surface area contributed by atoms with Gasteiger partial charge in [0.15, 0.2) is 0 Å². The summed E-state index contributed by atoms with van der Waals surface area (Å²) in [5.74, 6) is 1.16. The van der Waals surface area contributed by atoms with Crippen LogP contribution in [0.2, 0.25) is 0 Å². The molecule has 0 radical (unpaired) electrons. The van der Waals surface area contributed by atoms with Crippen molar-refractivity contribution in [1.29, 1.82) is 0 Å². The van der Waals surface area contributed by atoms with Gasteiger partial charge >= 0.3 is 0 Å². The van der Waals surface area contributed by atoms with Crippen molar-refractivity contribution in [2.45, 2.75) is 51.2 Å². The normalized spacial score (nSPS) is 24.7. The number of rotatable bonds is 5. The van der Waals surface area contributed by atoms with E-state index in [0.29, 0.717) is 0 Å². The summed E-state index contributed by atoms with van der Waals surface area (Å²) >= 11 is 0. The molecule has 2 rings (SSSR count). The van der Waals surface area contributed by atoms with Crippen molar-refractivity contribution in [1.82, 2.24) is 19.8 Å². The first kappa shape index (κ1) is 13.6. The molecule has 0 atom stereocenters. The molecule has 4 nitrogen and oxygen atoms in total. The standard InChI is InChI=1S/C14H26N4/c1-4-15-12-5-7-13(8-6-12)18(3)11-14-16-9-10-17(14)2/h9-10,12-13,15H,4-8,11H2,1-3H3. The quantitative estimate of drug-likeness (QED) is 0.864. The molecule has 0 unspecified atom stereocenters. The molecule has 1 aromatic rings. The van der Waals surface area contributed by atoms with Gasteiger partial charge in [0.1, 0.15) is 5.82 Å². The fourth-order valence-electron chi connectivity index (χ4n) is 2.91. The zero-order chi connectivity index (χ0) is 13.0. The van der Waals surface area contributed by atoms with Gasteiger partial charge in [0.05, 0.1) is 6.54 Å². The second-order valence-electron chi connectivity index (χ2n) is 5.43. The first-order chi connectivity index (χ1) is 8.70. The van der Waals surface area contributed by atoms with Crippen LogP contribution >= 0.6 is 0 Å². The maximum absolute atomic E-state index is 4.40. The number of hydrogen-bond acceptors (Lipinski definition) is 3. The largest absolute Gasteiger partial charge is 0.337 e. The minimum atomic E-state index is 0.719. The summed E-state index contributed by atoms with van der Waals surface area (Å²) in [5.41, 5.74) is 0. The second-order valence-corrected chi connectivity index (χ2v) is 5.43.